The summed E-state index contributed by atoms with van der Waals surface area (Å²) in [6, 6.07) is 6.45. The van der Waals surface area contributed by atoms with Gasteiger partial charge < -0.3 is 9.47 Å². The van der Waals surface area contributed by atoms with Crippen molar-refractivity contribution in [2.75, 3.05) is 27.3 Å². The number of aliphatic imine (C=N–C) groups is 1. The molecule has 26 heavy (non-hydrogen) atoms. The highest BCUT2D eigenvalue weighted by Gasteiger charge is 2.65. The molecule has 136 valence electrons. The van der Waals surface area contributed by atoms with Gasteiger partial charge in [0.15, 0.2) is 0 Å². The standard InChI is InChI=1S/C21H24N2O3/c1-4-12-11-23-8-7-21-15-6-5-13(25-2)9-16(15)22-19(21)17(23)10-14(12)18(21)20(24)26-3/h4-6,9,14,17-18H,7-8,10-11H2,1-3H3/t14-,17+,18?,21?/m1/s1. The van der Waals surface area contributed by atoms with Gasteiger partial charge >= 0.3 is 5.97 Å². The van der Waals surface area contributed by atoms with E-state index in [-0.39, 0.29) is 23.2 Å². The van der Waals surface area contributed by atoms with Crippen molar-refractivity contribution >= 4 is 17.4 Å². The number of hydrogen-bond acceptors (Lipinski definition) is 5. The van der Waals surface area contributed by atoms with Crippen LogP contribution in [0.5, 0.6) is 5.75 Å². The third-order valence-electron chi connectivity index (χ3n) is 7.03. The van der Waals surface area contributed by atoms with Gasteiger partial charge in [0, 0.05) is 30.9 Å². The van der Waals surface area contributed by atoms with E-state index in [9.17, 15) is 4.79 Å². The van der Waals surface area contributed by atoms with Crippen molar-refractivity contribution in [2.24, 2.45) is 16.8 Å². The molecule has 1 saturated carbocycles. The number of esters is 1. The highest BCUT2D eigenvalue weighted by atomic mass is 16.5. The number of carbonyl (C=O) groups is 1. The number of methoxy groups -OCH3 is 2. The lowest BCUT2D eigenvalue weighted by Gasteiger charge is -2.59. The number of hydrogen-bond donors (Lipinski definition) is 0. The molecule has 4 atom stereocenters. The van der Waals surface area contributed by atoms with Crippen LogP contribution < -0.4 is 4.74 Å². The van der Waals surface area contributed by atoms with Crippen LogP contribution in [0.2, 0.25) is 0 Å². The van der Waals surface area contributed by atoms with Gasteiger partial charge in [-0.25, -0.2) is 0 Å². The SMILES string of the molecule is CC=C1CN2CCC34C(=Nc5cc(OC)ccc53)[C@@H]2C[C@H]1C4C(=O)OC. The highest BCUT2D eigenvalue weighted by Crippen LogP contribution is 2.60. The molecule has 1 aromatic carbocycles. The first-order valence-corrected chi connectivity index (χ1v) is 9.38. The second kappa shape index (κ2) is 5.43. The summed E-state index contributed by atoms with van der Waals surface area (Å²) in [4.78, 5) is 20.6. The average Bonchev–Trinajstić information content (AvgIpc) is 3.01. The van der Waals surface area contributed by atoms with Gasteiger partial charge in [-0.1, -0.05) is 17.7 Å². The van der Waals surface area contributed by atoms with Gasteiger partial charge in [-0.05, 0) is 37.3 Å². The van der Waals surface area contributed by atoms with Gasteiger partial charge in [-0.15, -0.1) is 0 Å². The third kappa shape index (κ3) is 1.79. The molecule has 0 aromatic heterocycles. The largest absolute Gasteiger partial charge is 0.497 e. The Kier molecular flexibility index (Phi) is 3.35. The van der Waals surface area contributed by atoms with E-state index < -0.39 is 0 Å². The molecule has 2 unspecified atom stereocenters. The molecule has 0 amide bonds. The minimum absolute atomic E-state index is 0.0977. The van der Waals surface area contributed by atoms with Crippen LogP contribution in [0, 0.1) is 11.8 Å². The third-order valence-corrected chi connectivity index (χ3v) is 7.03. The zero-order valence-electron chi connectivity index (χ0n) is 15.5. The molecule has 1 aromatic rings. The monoisotopic (exact) mass is 352 g/mol. The molecule has 2 saturated heterocycles. The number of benzene rings is 1. The minimum atomic E-state index is -0.326. The Hall–Kier alpha value is -2.14. The second-order valence-electron chi connectivity index (χ2n) is 7.79. The van der Waals surface area contributed by atoms with Crippen molar-refractivity contribution in [1.82, 2.24) is 4.90 Å². The van der Waals surface area contributed by atoms with Crippen molar-refractivity contribution in [1.29, 1.82) is 0 Å². The van der Waals surface area contributed by atoms with Crippen molar-refractivity contribution in [2.45, 2.75) is 31.2 Å². The molecule has 0 radical (unpaired) electrons. The Morgan fingerprint density at radius 1 is 1.38 bits per heavy atom. The summed E-state index contributed by atoms with van der Waals surface area (Å²) in [6.45, 7) is 4.02. The molecule has 3 aliphatic heterocycles. The topological polar surface area (TPSA) is 51.1 Å². The maximum absolute atomic E-state index is 13.0. The van der Waals surface area contributed by atoms with E-state index in [0.717, 1.165) is 37.4 Å². The fourth-order valence-electron chi connectivity index (χ4n) is 5.93. The maximum Gasteiger partial charge on any atom is 0.310 e. The van der Waals surface area contributed by atoms with Crippen LogP contribution in [-0.2, 0) is 14.9 Å². The fraction of sp³-hybridized carbons (Fsp3) is 0.524. The summed E-state index contributed by atoms with van der Waals surface area (Å²) < 4.78 is 10.7. The number of allylic oxidation sites excluding steroid dienone is 1. The van der Waals surface area contributed by atoms with E-state index in [0.29, 0.717) is 6.04 Å². The number of fused-ring (bicyclic) bond motifs is 2. The normalized spacial score (nSPS) is 35.7. The molecule has 0 N–H and O–H groups in total. The van der Waals surface area contributed by atoms with Crippen molar-refractivity contribution in [3.8, 4) is 5.75 Å². The van der Waals surface area contributed by atoms with E-state index in [1.807, 2.05) is 12.1 Å². The number of nitrogens with zero attached hydrogens (tertiary/aromatic N) is 2. The Labute approximate surface area is 153 Å². The van der Waals surface area contributed by atoms with Gasteiger partial charge in [0.1, 0.15) is 5.75 Å². The van der Waals surface area contributed by atoms with Crippen LogP contribution in [-0.4, -0.2) is 49.9 Å². The van der Waals surface area contributed by atoms with E-state index in [2.05, 4.69) is 24.0 Å². The lowest BCUT2D eigenvalue weighted by atomic mass is 9.51. The van der Waals surface area contributed by atoms with Gasteiger partial charge in [0.2, 0.25) is 0 Å². The van der Waals surface area contributed by atoms with E-state index in [1.165, 1.54) is 24.0 Å². The second-order valence-corrected chi connectivity index (χ2v) is 7.79. The molecule has 5 heteroatoms. The van der Waals surface area contributed by atoms with Crippen LogP contribution in [0.4, 0.5) is 5.69 Å². The van der Waals surface area contributed by atoms with Crippen LogP contribution in [0.1, 0.15) is 25.3 Å². The predicted octanol–water partition coefficient (Wildman–Crippen LogP) is 2.86. The summed E-state index contributed by atoms with van der Waals surface area (Å²) in [6.07, 6.45) is 4.09. The Morgan fingerprint density at radius 2 is 2.23 bits per heavy atom. The molecule has 3 bridgehead atoms. The lowest BCUT2D eigenvalue weighted by molar-refractivity contribution is -0.151. The van der Waals surface area contributed by atoms with Gasteiger partial charge in [0.25, 0.3) is 0 Å². The number of ether oxygens (including phenoxy) is 2. The van der Waals surface area contributed by atoms with E-state index >= 15 is 0 Å². The summed E-state index contributed by atoms with van der Waals surface area (Å²) >= 11 is 0. The summed E-state index contributed by atoms with van der Waals surface area (Å²) in [5.74, 6) is 0.760. The fourth-order valence-corrected chi connectivity index (χ4v) is 5.93. The number of piperidine rings is 2. The van der Waals surface area contributed by atoms with E-state index in [1.54, 1.807) is 7.11 Å². The molecule has 1 aliphatic carbocycles. The predicted molar refractivity (Wildman–Crippen MR) is 99.1 cm³/mol. The minimum Gasteiger partial charge on any atom is -0.497 e. The summed E-state index contributed by atoms with van der Waals surface area (Å²) in [5.41, 5.74) is 4.36. The average molecular weight is 352 g/mol. The Morgan fingerprint density at radius 3 is 2.96 bits per heavy atom. The first-order valence-electron chi connectivity index (χ1n) is 9.38. The van der Waals surface area contributed by atoms with Gasteiger partial charge in [0.05, 0.1) is 31.2 Å². The van der Waals surface area contributed by atoms with Crippen LogP contribution >= 0.6 is 0 Å². The smallest absolute Gasteiger partial charge is 0.310 e. The molecule has 3 fully saturated rings. The summed E-state index contributed by atoms with van der Waals surface area (Å²) in [5, 5.41) is 0. The zero-order chi connectivity index (χ0) is 18.1. The molecule has 4 aliphatic rings. The van der Waals surface area contributed by atoms with Crippen molar-refractivity contribution < 1.29 is 14.3 Å². The van der Waals surface area contributed by atoms with Crippen LogP contribution in [0.25, 0.3) is 0 Å². The van der Waals surface area contributed by atoms with E-state index in [4.69, 9.17) is 14.5 Å². The quantitative estimate of drug-likeness (QED) is 0.607. The van der Waals surface area contributed by atoms with Gasteiger partial charge in [-0.2, -0.15) is 0 Å². The molecule has 0 spiro atoms. The zero-order valence-corrected chi connectivity index (χ0v) is 15.5. The van der Waals surface area contributed by atoms with Crippen molar-refractivity contribution in [3.05, 3.63) is 35.4 Å². The van der Waals surface area contributed by atoms with Crippen LogP contribution in [0.15, 0.2) is 34.8 Å². The number of rotatable bonds is 2. The molecule has 5 rings (SSSR count). The molecular formula is C21H24N2O3. The maximum atomic E-state index is 13.0. The first-order chi connectivity index (χ1) is 12.6. The van der Waals surface area contributed by atoms with Crippen molar-refractivity contribution in [3.63, 3.8) is 0 Å². The Balaban J connectivity index is 1.76. The molecule has 5 nitrogen and oxygen atoms in total. The lowest BCUT2D eigenvalue weighted by Crippen LogP contribution is -2.68. The first kappa shape index (κ1) is 16.1. The summed E-state index contributed by atoms with van der Waals surface area (Å²) in [7, 11) is 3.19. The molecular weight excluding hydrogens is 328 g/mol. The Bertz CT molecular complexity index is 859. The molecule has 3 heterocycles. The van der Waals surface area contributed by atoms with Crippen LogP contribution in [0.3, 0.4) is 0 Å². The number of carbonyl (C=O) groups excluding carboxylic acids is 1. The van der Waals surface area contributed by atoms with Gasteiger partial charge in [-0.3, -0.25) is 14.7 Å². The highest BCUT2D eigenvalue weighted by molar-refractivity contribution is 6.09.